The number of benzene rings is 1. The van der Waals surface area contributed by atoms with Crippen LogP contribution in [0, 0.1) is 17.8 Å². The van der Waals surface area contributed by atoms with Crippen molar-refractivity contribution in [2.45, 2.75) is 117 Å². The van der Waals surface area contributed by atoms with Crippen molar-refractivity contribution in [3.05, 3.63) is 29.8 Å². The summed E-state index contributed by atoms with van der Waals surface area (Å²) in [5.74, 6) is -3.12. The first kappa shape index (κ1) is 43.8. The molecule has 1 unspecified atom stereocenters. The van der Waals surface area contributed by atoms with Crippen molar-refractivity contribution in [2.75, 3.05) is 44.7 Å². The van der Waals surface area contributed by atoms with Crippen molar-refractivity contribution in [2.24, 2.45) is 17.8 Å². The van der Waals surface area contributed by atoms with Crippen LogP contribution in [0.1, 0.15) is 91.5 Å². The lowest BCUT2D eigenvalue weighted by Gasteiger charge is -2.31. The third kappa shape index (κ3) is 14.3. The zero-order valence-corrected chi connectivity index (χ0v) is 31.8. The normalized spacial score (nSPS) is 18.7. The van der Waals surface area contributed by atoms with E-state index < -0.39 is 42.0 Å². The third-order valence-corrected chi connectivity index (χ3v) is 9.71. The van der Waals surface area contributed by atoms with Gasteiger partial charge in [-0.2, -0.15) is 13.2 Å². The molecular formula is C38H58F3N5O7. The van der Waals surface area contributed by atoms with E-state index in [4.69, 9.17) is 9.47 Å². The lowest BCUT2D eigenvalue weighted by Crippen LogP contribution is -2.58. The van der Waals surface area contributed by atoms with Gasteiger partial charge in [-0.1, -0.05) is 59.6 Å². The quantitative estimate of drug-likeness (QED) is 0.0915. The molecule has 2 fully saturated rings. The molecule has 0 aliphatic carbocycles. The van der Waals surface area contributed by atoms with Crippen molar-refractivity contribution in [1.82, 2.24) is 20.4 Å². The van der Waals surface area contributed by atoms with Gasteiger partial charge in [0.2, 0.25) is 23.6 Å². The van der Waals surface area contributed by atoms with Crippen LogP contribution in [-0.2, 0) is 40.1 Å². The molecular weight excluding hydrogens is 695 g/mol. The van der Waals surface area contributed by atoms with E-state index in [1.165, 1.54) is 4.90 Å². The number of likely N-dealkylation sites (tertiary alicyclic amines) is 1. The van der Waals surface area contributed by atoms with Crippen LogP contribution in [0.2, 0.25) is 0 Å². The molecule has 0 bridgehead atoms. The SMILES string of the molecule is CCC1CC(=O)N(CCCCC[C@H](N[C@H](C(=O)N[C@@H](CCCN2CCOCC2)C(=O)Nc2ccc(COC(=O)C(C)C)cc2)C(C)C)C(F)(F)F)C1=O. The van der Waals surface area contributed by atoms with E-state index in [2.05, 4.69) is 20.9 Å². The zero-order chi connectivity index (χ0) is 39.1. The van der Waals surface area contributed by atoms with Crippen LogP contribution >= 0.6 is 0 Å². The van der Waals surface area contributed by atoms with Gasteiger partial charge in [-0.05, 0) is 62.3 Å². The number of nitrogens with one attached hydrogen (secondary N) is 3. The fraction of sp³-hybridized carbons (Fsp3) is 0.711. The molecule has 298 valence electrons. The van der Waals surface area contributed by atoms with Gasteiger partial charge in [0.1, 0.15) is 18.7 Å². The number of carbonyl (C=O) groups is 5. The number of hydrogen-bond donors (Lipinski definition) is 3. The average Bonchev–Trinajstić information content (AvgIpc) is 3.39. The molecule has 53 heavy (non-hydrogen) atoms. The predicted molar refractivity (Wildman–Crippen MR) is 193 cm³/mol. The summed E-state index contributed by atoms with van der Waals surface area (Å²) < 4.78 is 53.5. The average molecular weight is 754 g/mol. The molecule has 15 heteroatoms. The van der Waals surface area contributed by atoms with Gasteiger partial charge in [0.05, 0.1) is 25.2 Å². The minimum atomic E-state index is -4.64. The van der Waals surface area contributed by atoms with Gasteiger partial charge < -0.3 is 20.1 Å². The van der Waals surface area contributed by atoms with Crippen LogP contribution in [0.4, 0.5) is 18.9 Å². The van der Waals surface area contributed by atoms with E-state index in [0.717, 1.165) is 18.7 Å². The lowest BCUT2D eigenvalue weighted by atomic mass is 9.99. The number of alkyl halides is 3. The van der Waals surface area contributed by atoms with Crippen LogP contribution in [0.3, 0.4) is 0 Å². The Balaban J connectivity index is 1.63. The predicted octanol–water partition coefficient (Wildman–Crippen LogP) is 4.81. The number of carbonyl (C=O) groups excluding carboxylic acids is 5. The Hall–Kier alpha value is -3.56. The molecule has 2 heterocycles. The number of amides is 4. The Morgan fingerprint density at radius 1 is 0.925 bits per heavy atom. The summed E-state index contributed by atoms with van der Waals surface area (Å²) in [6.45, 7) is 12.2. The van der Waals surface area contributed by atoms with Gasteiger partial charge in [-0.25, -0.2) is 0 Å². The molecule has 0 saturated carbocycles. The van der Waals surface area contributed by atoms with Gasteiger partial charge in [0, 0.05) is 37.7 Å². The molecule has 0 spiro atoms. The molecule has 12 nitrogen and oxygen atoms in total. The molecule has 2 aliphatic rings. The second kappa shape index (κ2) is 21.4. The van der Waals surface area contributed by atoms with E-state index in [-0.39, 0.29) is 68.5 Å². The monoisotopic (exact) mass is 753 g/mol. The molecule has 0 radical (unpaired) electrons. The van der Waals surface area contributed by atoms with Crippen molar-refractivity contribution in [3.63, 3.8) is 0 Å². The molecule has 1 aromatic carbocycles. The summed E-state index contributed by atoms with van der Waals surface area (Å²) in [6.07, 6.45) is -2.45. The highest BCUT2D eigenvalue weighted by molar-refractivity contribution is 6.03. The second-order valence-electron chi connectivity index (χ2n) is 14.6. The fourth-order valence-corrected chi connectivity index (χ4v) is 6.34. The number of esters is 1. The van der Waals surface area contributed by atoms with Crippen molar-refractivity contribution >= 4 is 35.3 Å². The summed E-state index contributed by atoms with van der Waals surface area (Å²) in [6, 6.07) is 2.47. The summed E-state index contributed by atoms with van der Waals surface area (Å²) >= 11 is 0. The Labute approximate surface area is 311 Å². The number of unbranched alkanes of at least 4 members (excludes halogenated alkanes) is 2. The molecule has 0 aromatic heterocycles. The molecule has 4 atom stereocenters. The molecule has 2 aliphatic heterocycles. The first-order chi connectivity index (χ1) is 25.1. The molecule has 3 N–H and O–H groups in total. The van der Waals surface area contributed by atoms with Crippen LogP contribution in [0.15, 0.2) is 24.3 Å². The maximum atomic E-state index is 14.3. The molecule has 2 saturated heterocycles. The van der Waals surface area contributed by atoms with Gasteiger partial charge in [-0.15, -0.1) is 0 Å². The van der Waals surface area contributed by atoms with Crippen LogP contribution < -0.4 is 16.0 Å². The Morgan fingerprint density at radius 3 is 2.19 bits per heavy atom. The standard InChI is InChI=1S/C38H58F3N5O7/c1-6-28-23-32(47)46(36(28)50)18-9-7-8-12-31(38(39,40)41)44-33(25(2)3)35(49)43-30(11-10-17-45-19-21-52-22-20-45)34(48)42-29-15-13-27(14-16-29)24-53-37(51)26(4)5/h13-16,25-26,28,30-31,33,44H,6-12,17-24H2,1-5H3,(H,42,48)(H,43,49)/t28?,30-,31-,33-/m0/s1. The second-order valence-corrected chi connectivity index (χ2v) is 14.6. The molecule has 1 aromatic rings. The largest absolute Gasteiger partial charge is 0.461 e. The Kier molecular flexibility index (Phi) is 17.7. The first-order valence-corrected chi connectivity index (χ1v) is 18.9. The minimum absolute atomic E-state index is 0.0774. The Bertz CT molecular complexity index is 1350. The van der Waals surface area contributed by atoms with Crippen LogP contribution in [0.25, 0.3) is 0 Å². The van der Waals surface area contributed by atoms with Gasteiger partial charge in [0.25, 0.3) is 0 Å². The summed E-state index contributed by atoms with van der Waals surface area (Å²) in [5, 5.41) is 8.09. The number of rotatable bonds is 21. The number of halogens is 3. The number of ether oxygens (including phenoxy) is 2. The van der Waals surface area contributed by atoms with E-state index in [9.17, 15) is 37.1 Å². The smallest absolute Gasteiger partial charge is 0.403 e. The van der Waals surface area contributed by atoms with Gasteiger partial charge in [0.15, 0.2) is 0 Å². The maximum Gasteiger partial charge on any atom is 0.403 e. The summed E-state index contributed by atoms with van der Waals surface area (Å²) in [4.78, 5) is 67.0. The summed E-state index contributed by atoms with van der Waals surface area (Å²) in [5.41, 5.74) is 1.17. The van der Waals surface area contributed by atoms with Crippen molar-refractivity contribution < 1.29 is 46.6 Å². The van der Waals surface area contributed by atoms with Gasteiger partial charge in [-0.3, -0.25) is 39.1 Å². The highest BCUT2D eigenvalue weighted by Crippen LogP contribution is 2.27. The number of anilines is 1. The van der Waals surface area contributed by atoms with Gasteiger partial charge >= 0.3 is 12.1 Å². The highest BCUT2D eigenvalue weighted by Gasteiger charge is 2.42. The zero-order valence-electron chi connectivity index (χ0n) is 31.8. The molecule has 3 rings (SSSR count). The van der Waals surface area contributed by atoms with Crippen LogP contribution in [0.5, 0.6) is 0 Å². The maximum absolute atomic E-state index is 14.3. The van der Waals surface area contributed by atoms with E-state index in [1.807, 2.05) is 6.92 Å². The number of hydrogen-bond acceptors (Lipinski definition) is 9. The fourth-order valence-electron chi connectivity index (χ4n) is 6.34. The Morgan fingerprint density at radius 2 is 1.60 bits per heavy atom. The topological polar surface area (TPSA) is 146 Å². The van der Waals surface area contributed by atoms with Crippen LogP contribution in [-0.4, -0.2) is 103 Å². The number of imide groups is 1. The highest BCUT2D eigenvalue weighted by atomic mass is 19.4. The molecule has 4 amide bonds. The van der Waals surface area contributed by atoms with Crippen molar-refractivity contribution in [1.29, 1.82) is 0 Å². The third-order valence-electron chi connectivity index (χ3n) is 9.71. The van der Waals surface area contributed by atoms with Crippen molar-refractivity contribution in [3.8, 4) is 0 Å². The number of nitrogens with zero attached hydrogens (tertiary/aromatic N) is 2. The first-order valence-electron chi connectivity index (χ1n) is 18.9. The van der Waals surface area contributed by atoms with E-state index >= 15 is 0 Å². The van der Waals surface area contributed by atoms with E-state index in [1.54, 1.807) is 52.0 Å². The minimum Gasteiger partial charge on any atom is -0.461 e. The summed E-state index contributed by atoms with van der Waals surface area (Å²) in [7, 11) is 0. The van der Waals surface area contributed by atoms with E-state index in [0.29, 0.717) is 51.1 Å². The lowest BCUT2D eigenvalue weighted by molar-refractivity contribution is -0.161. The number of morpholine rings is 1.